The fraction of sp³-hybridized carbons (Fsp3) is 0.238. The highest BCUT2D eigenvalue weighted by Crippen LogP contribution is 2.28. The molecule has 1 N–H and O–H groups in total. The third-order valence-corrected chi connectivity index (χ3v) is 4.76. The molecule has 0 aliphatic carbocycles. The lowest BCUT2D eigenvalue weighted by Crippen LogP contribution is -2.25. The molecule has 0 aliphatic rings. The van der Waals surface area contributed by atoms with Gasteiger partial charge in [0.05, 0.1) is 15.6 Å². The van der Waals surface area contributed by atoms with Crippen LogP contribution >= 0.6 is 15.9 Å². The number of rotatable bonds is 9. The van der Waals surface area contributed by atoms with Crippen molar-refractivity contribution < 1.29 is 14.5 Å². The van der Waals surface area contributed by atoms with Gasteiger partial charge in [0.2, 0.25) is 0 Å². The van der Waals surface area contributed by atoms with Crippen molar-refractivity contribution in [2.24, 2.45) is 0 Å². The molecule has 9 heteroatoms. The SMILES string of the molecule is Cc1ccc(OCc2cccc(C(=O)NCCCn3cc(Br)cn3)c2)c([N+](=O)[O-])c1. The zero-order chi connectivity index (χ0) is 21.5. The summed E-state index contributed by atoms with van der Waals surface area (Å²) in [5, 5.41) is 18.3. The number of benzene rings is 2. The van der Waals surface area contributed by atoms with E-state index in [4.69, 9.17) is 4.74 Å². The van der Waals surface area contributed by atoms with Gasteiger partial charge in [-0.1, -0.05) is 18.2 Å². The average molecular weight is 473 g/mol. The molecule has 0 fully saturated rings. The molecular weight excluding hydrogens is 452 g/mol. The minimum absolute atomic E-state index is 0.0758. The van der Waals surface area contributed by atoms with E-state index in [2.05, 4.69) is 26.3 Å². The molecule has 0 saturated heterocycles. The molecule has 0 radical (unpaired) electrons. The highest BCUT2D eigenvalue weighted by molar-refractivity contribution is 9.10. The monoisotopic (exact) mass is 472 g/mol. The Balaban J connectivity index is 1.54. The van der Waals surface area contributed by atoms with Gasteiger partial charge in [-0.15, -0.1) is 0 Å². The zero-order valence-electron chi connectivity index (χ0n) is 16.4. The van der Waals surface area contributed by atoms with E-state index in [1.54, 1.807) is 48.1 Å². The molecule has 1 amide bonds. The number of carbonyl (C=O) groups is 1. The summed E-state index contributed by atoms with van der Waals surface area (Å²) < 4.78 is 8.36. The van der Waals surface area contributed by atoms with Gasteiger partial charge in [0.25, 0.3) is 5.91 Å². The Morgan fingerprint density at radius 2 is 2.13 bits per heavy atom. The van der Waals surface area contributed by atoms with E-state index in [1.165, 1.54) is 6.07 Å². The van der Waals surface area contributed by atoms with Gasteiger partial charge in [-0.3, -0.25) is 19.6 Å². The van der Waals surface area contributed by atoms with E-state index in [0.717, 1.165) is 22.0 Å². The van der Waals surface area contributed by atoms with Crippen molar-refractivity contribution in [2.75, 3.05) is 6.54 Å². The van der Waals surface area contributed by atoms with Crippen molar-refractivity contribution in [3.05, 3.63) is 86.1 Å². The minimum atomic E-state index is -0.464. The van der Waals surface area contributed by atoms with Crippen LogP contribution in [0.3, 0.4) is 0 Å². The molecular formula is C21H21BrN4O4. The molecule has 0 saturated carbocycles. The van der Waals surface area contributed by atoms with Crippen molar-refractivity contribution in [3.63, 3.8) is 0 Å². The first-order valence-electron chi connectivity index (χ1n) is 9.35. The Morgan fingerprint density at radius 1 is 1.30 bits per heavy atom. The van der Waals surface area contributed by atoms with Crippen LogP contribution in [0.1, 0.15) is 27.9 Å². The Bertz CT molecular complexity index is 1050. The predicted molar refractivity (Wildman–Crippen MR) is 115 cm³/mol. The van der Waals surface area contributed by atoms with Crippen molar-refractivity contribution in [2.45, 2.75) is 26.5 Å². The van der Waals surface area contributed by atoms with Crippen LogP contribution in [0.5, 0.6) is 5.75 Å². The number of aryl methyl sites for hydroxylation is 2. The van der Waals surface area contributed by atoms with Gasteiger partial charge in [0.15, 0.2) is 5.75 Å². The summed E-state index contributed by atoms with van der Waals surface area (Å²) in [4.78, 5) is 23.1. The fourth-order valence-electron chi connectivity index (χ4n) is 2.86. The summed E-state index contributed by atoms with van der Waals surface area (Å²) in [6, 6.07) is 11.8. The summed E-state index contributed by atoms with van der Waals surface area (Å²) in [6.07, 6.45) is 4.35. The maximum atomic E-state index is 12.4. The van der Waals surface area contributed by atoms with Gasteiger partial charge in [-0.25, -0.2) is 0 Å². The summed E-state index contributed by atoms with van der Waals surface area (Å²) in [7, 11) is 0. The average Bonchev–Trinajstić information content (AvgIpc) is 3.15. The molecule has 0 aliphatic heterocycles. The number of halogens is 1. The molecule has 30 heavy (non-hydrogen) atoms. The Kier molecular flexibility index (Phi) is 7.18. The van der Waals surface area contributed by atoms with E-state index in [9.17, 15) is 14.9 Å². The van der Waals surface area contributed by atoms with Gasteiger partial charge in [-0.05, 0) is 58.6 Å². The zero-order valence-corrected chi connectivity index (χ0v) is 18.0. The summed E-state index contributed by atoms with van der Waals surface area (Å²) >= 11 is 3.35. The summed E-state index contributed by atoms with van der Waals surface area (Å²) in [6.45, 7) is 3.13. The lowest BCUT2D eigenvalue weighted by Gasteiger charge is -2.09. The number of nitrogens with zero attached hydrogens (tertiary/aromatic N) is 3. The van der Waals surface area contributed by atoms with Crippen LogP contribution in [0, 0.1) is 17.0 Å². The minimum Gasteiger partial charge on any atom is -0.482 e. The maximum Gasteiger partial charge on any atom is 0.311 e. The second kappa shape index (κ2) is 10.0. The van der Waals surface area contributed by atoms with Crippen LogP contribution in [-0.4, -0.2) is 27.2 Å². The van der Waals surface area contributed by atoms with Crippen molar-refractivity contribution in [3.8, 4) is 5.75 Å². The van der Waals surface area contributed by atoms with E-state index < -0.39 is 4.92 Å². The number of carbonyl (C=O) groups excluding carboxylic acids is 1. The number of nitrogens with one attached hydrogen (secondary N) is 1. The third-order valence-electron chi connectivity index (χ3n) is 4.35. The van der Waals surface area contributed by atoms with Gasteiger partial charge in [0, 0.05) is 30.9 Å². The van der Waals surface area contributed by atoms with Crippen LogP contribution < -0.4 is 10.1 Å². The number of aromatic nitrogens is 2. The van der Waals surface area contributed by atoms with E-state index in [-0.39, 0.29) is 24.0 Å². The summed E-state index contributed by atoms with van der Waals surface area (Å²) in [5.41, 5.74) is 1.97. The lowest BCUT2D eigenvalue weighted by atomic mass is 10.1. The van der Waals surface area contributed by atoms with Crippen molar-refractivity contribution in [1.29, 1.82) is 0 Å². The molecule has 0 unspecified atom stereocenters. The number of ether oxygens (including phenoxy) is 1. The second-order valence-electron chi connectivity index (χ2n) is 6.75. The van der Waals surface area contributed by atoms with Gasteiger partial charge < -0.3 is 10.1 Å². The standard InChI is InChI=1S/C21H21BrN4O4/c1-15-6-7-20(19(10-15)26(28)29)30-14-16-4-2-5-17(11-16)21(27)23-8-3-9-25-13-18(22)12-24-25/h2,4-7,10-13H,3,8-9,14H2,1H3,(H,23,27). The van der Waals surface area contributed by atoms with Crippen LogP contribution in [0.4, 0.5) is 5.69 Å². The van der Waals surface area contributed by atoms with Gasteiger partial charge in [0.1, 0.15) is 6.61 Å². The molecule has 0 bridgehead atoms. The molecule has 1 aromatic heterocycles. The van der Waals surface area contributed by atoms with Crippen LogP contribution in [-0.2, 0) is 13.2 Å². The molecule has 8 nitrogen and oxygen atoms in total. The number of hydrogen-bond acceptors (Lipinski definition) is 5. The lowest BCUT2D eigenvalue weighted by molar-refractivity contribution is -0.386. The van der Waals surface area contributed by atoms with E-state index in [0.29, 0.717) is 18.7 Å². The largest absolute Gasteiger partial charge is 0.482 e. The van der Waals surface area contributed by atoms with E-state index >= 15 is 0 Å². The Morgan fingerprint density at radius 3 is 2.87 bits per heavy atom. The van der Waals surface area contributed by atoms with Crippen LogP contribution in [0.2, 0.25) is 0 Å². The van der Waals surface area contributed by atoms with Gasteiger partial charge in [-0.2, -0.15) is 5.10 Å². The smallest absolute Gasteiger partial charge is 0.311 e. The number of nitro groups is 1. The van der Waals surface area contributed by atoms with E-state index in [1.807, 2.05) is 12.3 Å². The molecule has 0 atom stereocenters. The number of hydrogen-bond donors (Lipinski definition) is 1. The Labute approximate surface area is 182 Å². The quantitative estimate of drug-likeness (QED) is 0.285. The summed E-state index contributed by atoms with van der Waals surface area (Å²) in [5.74, 6) is 0.0190. The first kappa shape index (κ1) is 21.5. The van der Waals surface area contributed by atoms with Crippen LogP contribution in [0.15, 0.2) is 59.3 Å². The fourth-order valence-corrected chi connectivity index (χ4v) is 3.19. The number of amides is 1. The third kappa shape index (κ3) is 5.90. The molecule has 3 aromatic rings. The highest BCUT2D eigenvalue weighted by Gasteiger charge is 2.15. The molecule has 156 valence electrons. The van der Waals surface area contributed by atoms with Crippen molar-refractivity contribution in [1.82, 2.24) is 15.1 Å². The second-order valence-corrected chi connectivity index (χ2v) is 7.66. The Hall–Kier alpha value is -3.20. The maximum absolute atomic E-state index is 12.4. The number of nitro benzene ring substituents is 1. The van der Waals surface area contributed by atoms with Gasteiger partial charge >= 0.3 is 5.69 Å². The first-order chi connectivity index (χ1) is 14.4. The van der Waals surface area contributed by atoms with Crippen molar-refractivity contribution >= 4 is 27.5 Å². The normalized spacial score (nSPS) is 10.6. The first-order valence-corrected chi connectivity index (χ1v) is 10.1. The highest BCUT2D eigenvalue weighted by atomic mass is 79.9. The predicted octanol–water partition coefficient (Wildman–Crippen LogP) is 4.26. The molecule has 2 aromatic carbocycles. The molecule has 3 rings (SSSR count). The molecule has 0 spiro atoms. The van der Waals surface area contributed by atoms with Crippen LogP contribution in [0.25, 0.3) is 0 Å². The molecule has 1 heterocycles. The topological polar surface area (TPSA) is 99.3 Å².